The van der Waals surface area contributed by atoms with Crippen LogP contribution in [0.2, 0.25) is 0 Å². The first kappa shape index (κ1) is 21.8. The molecule has 1 unspecified atom stereocenters. The van der Waals surface area contributed by atoms with Gasteiger partial charge in [-0.2, -0.15) is 0 Å². The van der Waals surface area contributed by atoms with Crippen molar-refractivity contribution in [2.24, 2.45) is 0 Å². The summed E-state index contributed by atoms with van der Waals surface area (Å²) in [6, 6.07) is 0. The molecule has 0 aliphatic heterocycles. The highest BCUT2D eigenvalue weighted by atomic mass is 16.3. The summed E-state index contributed by atoms with van der Waals surface area (Å²) in [5, 5.41) is 30.0. The van der Waals surface area contributed by atoms with Gasteiger partial charge in [-0.25, -0.2) is 0 Å². The molecule has 0 heterocycles. The Labute approximate surface area is 137 Å². The van der Waals surface area contributed by atoms with E-state index in [2.05, 4.69) is 5.32 Å². The Balaban J connectivity index is 3.05. The molecule has 0 spiro atoms. The minimum absolute atomic E-state index is 0.134. The quantitative estimate of drug-likeness (QED) is 0.293. The van der Waals surface area contributed by atoms with E-state index < -0.39 is 0 Å². The molecule has 1 atom stereocenters. The maximum atomic E-state index is 9.69. The second-order valence-corrected chi connectivity index (χ2v) is 6.34. The Morgan fingerprint density at radius 1 is 0.591 bits per heavy atom. The van der Waals surface area contributed by atoms with Gasteiger partial charge in [-0.05, 0) is 12.8 Å². The summed E-state index contributed by atoms with van der Waals surface area (Å²) >= 11 is 0. The number of aliphatic hydroxyl groups excluding tert-OH is 3. The second kappa shape index (κ2) is 18.9. The van der Waals surface area contributed by atoms with E-state index in [1.54, 1.807) is 0 Å². The zero-order valence-corrected chi connectivity index (χ0v) is 14.4. The Kier molecular flexibility index (Phi) is 18.8. The van der Waals surface area contributed by atoms with Gasteiger partial charge in [0.05, 0.1) is 12.7 Å². The van der Waals surface area contributed by atoms with Crippen molar-refractivity contribution in [3.63, 3.8) is 0 Å². The standard InChI is InChI=1S/C18H39NO3/c20-15-12-10-8-6-4-2-1-3-5-7-9-11-13-18(22)17-19-14-16-21/h18-22H,1-17H2. The van der Waals surface area contributed by atoms with Gasteiger partial charge in [0, 0.05) is 19.7 Å². The van der Waals surface area contributed by atoms with Crippen LogP contribution < -0.4 is 5.32 Å². The summed E-state index contributed by atoms with van der Waals surface area (Å²) in [5.74, 6) is 0. The first-order valence-electron chi connectivity index (χ1n) is 9.41. The SMILES string of the molecule is OCCCCCCCCCCCCCCC(O)CNCCO. The van der Waals surface area contributed by atoms with E-state index in [4.69, 9.17) is 10.2 Å². The number of hydrogen-bond acceptors (Lipinski definition) is 4. The smallest absolute Gasteiger partial charge is 0.0664 e. The van der Waals surface area contributed by atoms with Crippen molar-refractivity contribution < 1.29 is 15.3 Å². The number of hydrogen-bond donors (Lipinski definition) is 4. The van der Waals surface area contributed by atoms with Gasteiger partial charge in [-0.3, -0.25) is 0 Å². The Hall–Kier alpha value is -0.160. The van der Waals surface area contributed by atoms with Gasteiger partial charge >= 0.3 is 0 Å². The first-order valence-corrected chi connectivity index (χ1v) is 9.41. The molecular formula is C18H39NO3. The lowest BCUT2D eigenvalue weighted by molar-refractivity contribution is 0.155. The van der Waals surface area contributed by atoms with Gasteiger partial charge in [0.25, 0.3) is 0 Å². The fraction of sp³-hybridized carbons (Fsp3) is 1.00. The average Bonchev–Trinajstić information content (AvgIpc) is 2.52. The molecule has 0 fully saturated rings. The van der Waals surface area contributed by atoms with Crippen LogP contribution >= 0.6 is 0 Å². The molecule has 0 aromatic carbocycles. The van der Waals surface area contributed by atoms with Crippen molar-refractivity contribution in [1.82, 2.24) is 5.32 Å². The third-order valence-electron chi connectivity index (χ3n) is 4.11. The van der Waals surface area contributed by atoms with Crippen molar-refractivity contribution >= 4 is 0 Å². The van der Waals surface area contributed by atoms with Gasteiger partial charge < -0.3 is 20.6 Å². The fourth-order valence-corrected chi connectivity index (χ4v) is 2.71. The van der Waals surface area contributed by atoms with Crippen LogP contribution in [0.1, 0.15) is 83.5 Å². The molecule has 22 heavy (non-hydrogen) atoms. The van der Waals surface area contributed by atoms with Crippen molar-refractivity contribution in [3.05, 3.63) is 0 Å². The summed E-state index contributed by atoms with van der Waals surface area (Å²) in [6.07, 6.45) is 15.7. The van der Waals surface area contributed by atoms with E-state index in [1.807, 2.05) is 0 Å². The minimum atomic E-state index is -0.266. The molecule has 134 valence electrons. The average molecular weight is 318 g/mol. The molecule has 0 aliphatic rings. The van der Waals surface area contributed by atoms with Crippen molar-refractivity contribution in [3.8, 4) is 0 Å². The maximum Gasteiger partial charge on any atom is 0.0664 e. The third kappa shape index (κ3) is 17.9. The molecule has 4 N–H and O–H groups in total. The van der Waals surface area contributed by atoms with Gasteiger partial charge in [0.15, 0.2) is 0 Å². The van der Waals surface area contributed by atoms with Crippen molar-refractivity contribution in [2.75, 3.05) is 26.3 Å². The van der Waals surface area contributed by atoms with Gasteiger partial charge in [0.2, 0.25) is 0 Å². The number of rotatable bonds is 18. The predicted octanol–water partition coefficient (Wildman–Crippen LogP) is 2.99. The zero-order chi connectivity index (χ0) is 16.3. The Morgan fingerprint density at radius 2 is 1.05 bits per heavy atom. The Morgan fingerprint density at radius 3 is 1.50 bits per heavy atom. The van der Waals surface area contributed by atoms with Crippen LogP contribution in [0.15, 0.2) is 0 Å². The van der Waals surface area contributed by atoms with Gasteiger partial charge in [-0.15, -0.1) is 0 Å². The summed E-state index contributed by atoms with van der Waals surface area (Å²) in [7, 11) is 0. The number of unbranched alkanes of at least 4 members (excludes halogenated alkanes) is 11. The first-order chi connectivity index (χ1) is 10.8. The van der Waals surface area contributed by atoms with E-state index in [0.717, 1.165) is 19.3 Å². The van der Waals surface area contributed by atoms with Crippen LogP contribution in [0.5, 0.6) is 0 Å². The second-order valence-electron chi connectivity index (χ2n) is 6.34. The monoisotopic (exact) mass is 317 g/mol. The highest BCUT2D eigenvalue weighted by molar-refractivity contribution is 4.59. The molecule has 0 amide bonds. The largest absolute Gasteiger partial charge is 0.396 e. The summed E-state index contributed by atoms with van der Waals surface area (Å²) < 4.78 is 0. The van der Waals surface area contributed by atoms with Crippen molar-refractivity contribution in [2.45, 2.75) is 89.6 Å². The molecule has 0 aromatic heterocycles. The topological polar surface area (TPSA) is 72.7 Å². The van der Waals surface area contributed by atoms with Crippen LogP contribution in [0.25, 0.3) is 0 Å². The molecule has 0 aromatic rings. The molecule has 0 radical (unpaired) electrons. The van der Waals surface area contributed by atoms with Crippen molar-refractivity contribution in [1.29, 1.82) is 0 Å². The zero-order valence-electron chi connectivity index (χ0n) is 14.4. The third-order valence-corrected chi connectivity index (χ3v) is 4.11. The lowest BCUT2D eigenvalue weighted by atomic mass is 10.0. The molecule has 0 bridgehead atoms. The molecule has 4 heteroatoms. The molecule has 4 nitrogen and oxygen atoms in total. The van der Waals surface area contributed by atoms with E-state index in [-0.39, 0.29) is 12.7 Å². The molecular weight excluding hydrogens is 278 g/mol. The highest BCUT2D eigenvalue weighted by Gasteiger charge is 2.02. The van der Waals surface area contributed by atoms with Crippen LogP contribution in [0.3, 0.4) is 0 Å². The maximum absolute atomic E-state index is 9.69. The molecule has 0 aliphatic carbocycles. The molecule has 0 rings (SSSR count). The minimum Gasteiger partial charge on any atom is -0.396 e. The van der Waals surface area contributed by atoms with E-state index >= 15 is 0 Å². The highest BCUT2D eigenvalue weighted by Crippen LogP contribution is 2.12. The number of aliphatic hydroxyl groups is 3. The predicted molar refractivity (Wildman–Crippen MR) is 93.1 cm³/mol. The van der Waals surface area contributed by atoms with Crippen LogP contribution in [0.4, 0.5) is 0 Å². The summed E-state index contributed by atoms with van der Waals surface area (Å²) in [4.78, 5) is 0. The molecule has 0 saturated heterocycles. The van der Waals surface area contributed by atoms with Crippen LogP contribution in [-0.4, -0.2) is 47.7 Å². The fourth-order valence-electron chi connectivity index (χ4n) is 2.71. The number of nitrogens with one attached hydrogen (secondary N) is 1. The summed E-state index contributed by atoms with van der Waals surface area (Å²) in [5.41, 5.74) is 0. The van der Waals surface area contributed by atoms with Gasteiger partial charge in [-0.1, -0.05) is 70.6 Å². The van der Waals surface area contributed by atoms with Crippen LogP contribution in [0, 0.1) is 0 Å². The normalized spacial score (nSPS) is 12.7. The van der Waals surface area contributed by atoms with Gasteiger partial charge in [0.1, 0.15) is 0 Å². The van der Waals surface area contributed by atoms with E-state index in [0.29, 0.717) is 19.7 Å². The van der Waals surface area contributed by atoms with E-state index in [1.165, 1.54) is 64.2 Å². The summed E-state index contributed by atoms with van der Waals surface area (Å²) in [6.45, 7) is 1.64. The lowest BCUT2D eigenvalue weighted by Gasteiger charge is -2.10. The Bertz CT molecular complexity index is 203. The van der Waals surface area contributed by atoms with Crippen LogP contribution in [-0.2, 0) is 0 Å². The molecule has 0 saturated carbocycles. The van der Waals surface area contributed by atoms with E-state index in [9.17, 15) is 5.11 Å². The lowest BCUT2D eigenvalue weighted by Crippen LogP contribution is -2.28.